The van der Waals surface area contributed by atoms with E-state index in [0.29, 0.717) is 18.5 Å². The lowest BCUT2D eigenvalue weighted by molar-refractivity contribution is -0.172. The first-order chi connectivity index (χ1) is 14.6. The summed E-state index contributed by atoms with van der Waals surface area (Å²) in [5, 5.41) is 2.92. The molecule has 2 fully saturated rings. The SMILES string of the molecule is CC12CCC(C(=O)N(C(Cc3ccccc3)C(=O)Nc3ccc(I)cc3)C1=O)C2(C)C. The summed E-state index contributed by atoms with van der Waals surface area (Å²) in [5.74, 6) is -1.03. The van der Waals surface area contributed by atoms with E-state index in [9.17, 15) is 14.4 Å². The lowest BCUT2D eigenvalue weighted by Crippen LogP contribution is -2.64. The van der Waals surface area contributed by atoms with E-state index in [0.717, 1.165) is 9.13 Å². The van der Waals surface area contributed by atoms with Gasteiger partial charge in [-0.1, -0.05) is 51.1 Å². The van der Waals surface area contributed by atoms with Gasteiger partial charge in [-0.3, -0.25) is 19.3 Å². The standard InChI is InChI=1S/C25H27IN2O3/c1-24(2)19-13-14-25(24,3)23(31)28(22(19)30)20(15-16-7-5-4-6-8-16)21(29)27-18-11-9-17(26)10-12-18/h4-12,19-20H,13-15H2,1-3H3,(H,27,29). The minimum Gasteiger partial charge on any atom is -0.324 e. The number of nitrogens with zero attached hydrogens (tertiary/aromatic N) is 1. The predicted octanol–water partition coefficient (Wildman–Crippen LogP) is 4.65. The van der Waals surface area contributed by atoms with E-state index in [2.05, 4.69) is 27.9 Å². The van der Waals surface area contributed by atoms with Gasteiger partial charge in [0.05, 0.1) is 5.41 Å². The van der Waals surface area contributed by atoms with Gasteiger partial charge in [-0.25, -0.2) is 0 Å². The molecule has 1 aliphatic heterocycles. The number of carbonyl (C=O) groups is 3. The molecular formula is C25H27IN2O3. The fourth-order valence-electron chi connectivity index (χ4n) is 5.04. The Labute approximate surface area is 196 Å². The van der Waals surface area contributed by atoms with Crippen molar-refractivity contribution in [1.82, 2.24) is 4.90 Å². The van der Waals surface area contributed by atoms with Gasteiger partial charge in [0.1, 0.15) is 6.04 Å². The number of halogens is 1. The number of nitrogens with one attached hydrogen (secondary N) is 1. The number of amides is 3. The molecule has 1 aliphatic carbocycles. The van der Waals surface area contributed by atoms with Gasteiger partial charge in [-0.2, -0.15) is 0 Å². The van der Waals surface area contributed by atoms with Gasteiger partial charge >= 0.3 is 0 Å². The summed E-state index contributed by atoms with van der Waals surface area (Å²) in [6, 6.07) is 16.1. The first kappa shape index (κ1) is 22.0. The molecule has 1 heterocycles. The number of anilines is 1. The number of rotatable bonds is 5. The highest BCUT2D eigenvalue weighted by atomic mass is 127. The molecule has 1 saturated heterocycles. The lowest BCUT2D eigenvalue weighted by Gasteiger charge is -2.49. The van der Waals surface area contributed by atoms with Gasteiger partial charge in [-0.15, -0.1) is 0 Å². The molecule has 0 aromatic heterocycles. The normalized spacial score (nSPS) is 25.4. The molecular weight excluding hydrogens is 503 g/mol. The molecule has 4 rings (SSSR count). The zero-order chi connectivity index (χ0) is 22.4. The fraction of sp³-hybridized carbons (Fsp3) is 0.400. The molecule has 3 unspecified atom stereocenters. The van der Waals surface area contributed by atoms with E-state index < -0.39 is 16.9 Å². The van der Waals surface area contributed by atoms with Gasteiger partial charge in [-0.05, 0) is 70.7 Å². The molecule has 2 bridgehead atoms. The van der Waals surface area contributed by atoms with Crippen molar-refractivity contribution in [3.63, 3.8) is 0 Å². The Hall–Kier alpha value is -2.22. The van der Waals surface area contributed by atoms with Gasteiger partial charge in [0.2, 0.25) is 17.7 Å². The van der Waals surface area contributed by atoms with Crippen molar-refractivity contribution in [3.05, 3.63) is 63.7 Å². The van der Waals surface area contributed by atoms with Crippen LogP contribution in [-0.4, -0.2) is 28.7 Å². The predicted molar refractivity (Wildman–Crippen MR) is 128 cm³/mol. The second-order valence-electron chi connectivity index (χ2n) is 9.36. The largest absolute Gasteiger partial charge is 0.324 e. The second-order valence-corrected chi connectivity index (χ2v) is 10.6. The Kier molecular flexibility index (Phi) is 5.70. The molecule has 6 heteroatoms. The molecule has 2 aliphatic rings. The van der Waals surface area contributed by atoms with Crippen molar-refractivity contribution in [1.29, 1.82) is 0 Å². The zero-order valence-electron chi connectivity index (χ0n) is 18.0. The van der Waals surface area contributed by atoms with Crippen LogP contribution in [0, 0.1) is 20.3 Å². The summed E-state index contributed by atoms with van der Waals surface area (Å²) in [6.07, 6.45) is 1.64. The first-order valence-electron chi connectivity index (χ1n) is 10.6. The Morgan fingerprint density at radius 2 is 1.74 bits per heavy atom. The third kappa shape index (κ3) is 3.69. The molecule has 0 radical (unpaired) electrons. The van der Waals surface area contributed by atoms with E-state index in [1.54, 1.807) is 0 Å². The van der Waals surface area contributed by atoms with Crippen LogP contribution >= 0.6 is 22.6 Å². The van der Waals surface area contributed by atoms with Crippen LogP contribution in [0.3, 0.4) is 0 Å². The molecule has 5 nitrogen and oxygen atoms in total. The van der Waals surface area contributed by atoms with Crippen LogP contribution in [0.1, 0.15) is 39.2 Å². The summed E-state index contributed by atoms with van der Waals surface area (Å²) in [5.41, 5.74) is 0.494. The topological polar surface area (TPSA) is 66.5 Å². The highest BCUT2D eigenvalue weighted by molar-refractivity contribution is 14.1. The number of hydrogen-bond donors (Lipinski definition) is 1. The molecule has 0 spiro atoms. The van der Waals surface area contributed by atoms with Gasteiger partial charge in [0, 0.05) is 21.6 Å². The van der Waals surface area contributed by atoms with Crippen LogP contribution in [0.5, 0.6) is 0 Å². The van der Waals surface area contributed by atoms with E-state index in [1.165, 1.54) is 4.90 Å². The van der Waals surface area contributed by atoms with Crippen LogP contribution in [0.25, 0.3) is 0 Å². The minimum atomic E-state index is -0.891. The molecule has 1 N–H and O–H groups in total. The average Bonchev–Trinajstić information content (AvgIpc) is 2.93. The number of fused-ring (bicyclic) bond motifs is 2. The van der Waals surface area contributed by atoms with Crippen molar-refractivity contribution in [2.45, 2.75) is 46.1 Å². The number of hydrogen-bond acceptors (Lipinski definition) is 3. The number of likely N-dealkylation sites (tertiary alicyclic amines) is 1. The molecule has 3 atom stereocenters. The maximum absolute atomic E-state index is 13.7. The Morgan fingerprint density at radius 3 is 2.39 bits per heavy atom. The number of piperidine rings is 1. The van der Waals surface area contributed by atoms with E-state index in [1.807, 2.05) is 75.4 Å². The third-order valence-electron chi connectivity index (χ3n) is 7.45. The number of imide groups is 1. The summed E-state index contributed by atoms with van der Waals surface area (Å²) < 4.78 is 1.06. The van der Waals surface area contributed by atoms with E-state index in [4.69, 9.17) is 0 Å². The molecule has 2 aromatic carbocycles. The maximum atomic E-state index is 13.7. The van der Waals surface area contributed by atoms with Gasteiger partial charge in [0.25, 0.3) is 0 Å². The summed E-state index contributed by atoms with van der Waals surface area (Å²) in [7, 11) is 0. The maximum Gasteiger partial charge on any atom is 0.248 e. The van der Waals surface area contributed by atoms with Gasteiger partial charge < -0.3 is 5.32 Å². The van der Waals surface area contributed by atoms with Crippen LogP contribution in [0.2, 0.25) is 0 Å². The van der Waals surface area contributed by atoms with E-state index >= 15 is 0 Å². The van der Waals surface area contributed by atoms with E-state index in [-0.39, 0.29) is 30.1 Å². The smallest absolute Gasteiger partial charge is 0.248 e. The second kappa shape index (κ2) is 8.04. The molecule has 1 saturated carbocycles. The highest BCUT2D eigenvalue weighted by Gasteiger charge is 2.65. The van der Waals surface area contributed by atoms with Crippen molar-refractivity contribution < 1.29 is 14.4 Å². The molecule has 31 heavy (non-hydrogen) atoms. The van der Waals surface area contributed by atoms with Crippen molar-refractivity contribution in [2.24, 2.45) is 16.7 Å². The Balaban J connectivity index is 1.70. The molecule has 2 aromatic rings. The number of carbonyl (C=O) groups excluding carboxylic acids is 3. The Morgan fingerprint density at radius 1 is 1.10 bits per heavy atom. The third-order valence-corrected chi connectivity index (χ3v) is 8.17. The monoisotopic (exact) mass is 530 g/mol. The molecule has 162 valence electrons. The fourth-order valence-corrected chi connectivity index (χ4v) is 5.40. The average molecular weight is 530 g/mol. The zero-order valence-corrected chi connectivity index (χ0v) is 20.2. The van der Waals surface area contributed by atoms with Crippen molar-refractivity contribution in [2.75, 3.05) is 5.32 Å². The quantitative estimate of drug-likeness (QED) is 0.452. The first-order valence-corrected chi connectivity index (χ1v) is 11.7. The van der Waals surface area contributed by atoms with Gasteiger partial charge in [0.15, 0.2) is 0 Å². The van der Waals surface area contributed by atoms with Crippen molar-refractivity contribution >= 4 is 46.0 Å². The number of benzene rings is 2. The molecule has 3 amide bonds. The van der Waals surface area contributed by atoms with Crippen molar-refractivity contribution in [3.8, 4) is 0 Å². The Bertz CT molecular complexity index is 1020. The summed E-state index contributed by atoms with van der Waals surface area (Å²) in [6.45, 7) is 5.97. The van der Waals surface area contributed by atoms with Crippen LogP contribution < -0.4 is 5.32 Å². The summed E-state index contributed by atoms with van der Waals surface area (Å²) in [4.78, 5) is 41.9. The lowest BCUT2D eigenvalue weighted by atomic mass is 9.62. The van der Waals surface area contributed by atoms with Crippen LogP contribution in [-0.2, 0) is 20.8 Å². The summed E-state index contributed by atoms with van der Waals surface area (Å²) >= 11 is 2.20. The van der Waals surface area contributed by atoms with Crippen LogP contribution in [0.15, 0.2) is 54.6 Å². The van der Waals surface area contributed by atoms with Crippen LogP contribution in [0.4, 0.5) is 5.69 Å². The minimum absolute atomic E-state index is 0.219. The highest BCUT2D eigenvalue weighted by Crippen LogP contribution is 2.60.